The zero-order valence-corrected chi connectivity index (χ0v) is 30.7. The molecule has 0 aliphatic heterocycles. The van der Waals surface area contributed by atoms with E-state index in [4.69, 9.17) is 15.0 Å². The minimum atomic E-state index is -0.213. The van der Waals surface area contributed by atoms with E-state index >= 15 is 0 Å². The highest BCUT2D eigenvalue weighted by Crippen LogP contribution is 2.54. The quantitative estimate of drug-likeness (QED) is 0.173. The lowest BCUT2D eigenvalue weighted by atomic mass is 9.77. The van der Waals surface area contributed by atoms with Crippen molar-refractivity contribution >= 4 is 10.8 Å². The predicted octanol–water partition coefficient (Wildman–Crippen LogP) is 13.3. The second-order valence-corrected chi connectivity index (χ2v) is 14.7. The van der Waals surface area contributed by atoms with Crippen LogP contribution in [0, 0.1) is 0 Å². The molecule has 9 aromatic rings. The van der Waals surface area contributed by atoms with Gasteiger partial charge in [0.25, 0.3) is 0 Å². The van der Waals surface area contributed by atoms with Crippen LogP contribution < -0.4 is 0 Å². The van der Waals surface area contributed by atoms with Crippen molar-refractivity contribution in [2.24, 2.45) is 0 Å². The van der Waals surface area contributed by atoms with Gasteiger partial charge in [-0.15, -0.1) is 0 Å². The molecule has 0 N–H and O–H groups in total. The summed E-state index contributed by atoms with van der Waals surface area (Å²) in [5.74, 6) is 1.90. The highest BCUT2D eigenvalue weighted by molar-refractivity contribution is 6.06. The van der Waals surface area contributed by atoms with Crippen LogP contribution in [-0.2, 0) is 5.41 Å². The summed E-state index contributed by atoms with van der Waals surface area (Å²) in [5, 5.41) is 2.34. The molecular weight excluding hydrogens is 667 g/mol. The minimum Gasteiger partial charge on any atom is -0.208 e. The molecule has 260 valence electrons. The van der Waals surface area contributed by atoms with E-state index in [9.17, 15) is 0 Å². The zero-order chi connectivity index (χ0) is 36.9. The van der Waals surface area contributed by atoms with Gasteiger partial charge in [0.05, 0.1) is 0 Å². The van der Waals surface area contributed by atoms with E-state index < -0.39 is 0 Å². The van der Waals surface area contributed by atoms with Gasteiger partial charge in [-0.05, 0) is 66.9 Å². The molecule has 3 nitrogen and oxygen atoms in total. The van der Waals surface area contributed by atoms with Gasteiger partial charge in [0, 0.05) is 27.7 Å². The van der Waals surface area contributed by atoms with E-state index in [1.165, 1.54) is 33.2 Å². The van der Waals surface area contributed by atoms with Gasteiger partial charge in [-0.25, -0.2) is 15.0 Å². The summed E-state index contributed by atoms with van der Waals surface area (Å²) in [6, 6.07) is 66.5. The van der Waals surface area contributed by atoms with E-state index in [2.05, 4.69) is 190 Å². The molecule has 0 spiro atoms. The number of aromatic nitrogens is 3. The van der Waals surface area contributed by atoms with Gasteiger partial charge in [0.2, 0.25) is 0 Å². The first kappa shape index (κ1) is 32.7. The van der Waals surface area contributed by atoms with Crippen LogP contribution in [0.15, 0.2) is 188 Å². The summed E-state index contributed by atoms with van der Waals surface area (Å²) in [4.78, 5) is 16.2. The van der Waals surface area contributed by atoms with Gasteiger partial charge < -0.3 is 0 Å². The number of nitrogens with zero attached hydrogens (tertiary/aromatic N) is 3. The lowest BCUT2D eigenvalue weighted by Crippen LogP contribution is -2.16. The van der Waals surface area contributed by atoms with Gasteiger partial charge in [0.15, 0.2) is 17.5 Å². The number of hydrogen-bond acceptors (Lipinski definition) is 3. The topological polar surface area (TPSA) is 38.7 Å². The number of rotatable bonds is 6. The summed E-state index contributed by atoms with van der Waals surface area (Å²) < 4.78 is 0. The molecule has 1 heterocycles. The summed E-state index contributed by atoms with van der Waals surface area (Å²) in [6.07, 6.45) is 0. The average Bonchev–Trinajstić information content (AvgIpc) is 3.49. The molecule has 3 heteroatoms. The van der Waals surface area contributed by atoms with E-state index in [1.54, 1.807) is 0 Å². The van der Waals surface area contributed by atoms with Crippen molar-refractivity contribution in [2.75, 3.05) is 0 Å². The molecule has 0 saturated carbocycles. The molecule has 1 aliphatic carbocycles. The Kier molecular flexibility index (Phi) is 7.81. The van der Waals surface area contributed by atoms with Crippen LogP contribution in [0.25, 0.3) is 89.4 Å². The van der Waals surface area contributed by atoms with Crippen molar-refractivity contribution in [3.05, 3.63) is 199 Å². The molecule has 1 aliphatic rings. The second-order valence-electron chi connectivity index (χ2n) is 14.7. The maximum Gasteiger partial charge on any atom is 0.164 e. The summed E-state index contributed by atoms with van der Waals surface area (Å²) in [6.45, 7) is 4.71. The maximum atomic E-state index is 5.43. The monoisotopic (exact) mass is 703 g/mol. The lowest BCUT2D eigenvalue weighted by Gasteiger charge is -2.26. The third kappa shape index (κ3) is 5.47. The average molecular weight is 704 g/mol. The SMILES string of the molecule is CC1(C)c2ccccc2-c2cccc(-c3c(-c4nc(-c5ccccc5-c5ccccc5)nc(-c5ccccc5-c5ccccc5)n4)ccc4ccccc34)c21. The Morgan fingerprint density at radius 2 is 0.782 bits per heavy atom. The molecule has 0 atom stereocenters. The first-order valence-electron chi connectivity index (χ1n) is 18.9. The Morgan fingerprint density at radius 1 is 0.327 bits per heavy atom. The Bertz CT molecular complexity index is 2790. The fourth-order valence-corrected chi connectivity index (χ4v) is 8.64. The van der Waals surface area contributed by atoms with Crippen LogP contribution in [0.3, 0.4) is 0 Å². The van der Waals surface area contributed by atoms with Crippen molar-refractivity contribution in [3.63, 3.8) is 0 Å². The van der Waals surface area contributed by atoms with Crippen LogP contribution in [0.2, 0.25) is 0 Å². The van der Waals surface area contributed by atoms with E-state index in [0.717, 1.165) is 49.9 Å². The molecule has 0 radical (unpaired) electrons. The lowest BCUT2D eigenvalue weighted by molar-refractivity contribution is 0.662. The first-order chi connectivity index (χ1) is 27.1. The molecule has 0 unspecified atom stereocenters. The van der Waals surface area contributed by atoms with Crippen LogP contribution in [0.5, 0.6) is 0 Å². The Balaban J connectivity index is 1.28. The highest BCUT2D eigenvalue weighted by Gasteiger charge is 2.38. The highest BCUT2D eigenvalue weighted by atomic mass is 15.0. The fraction of sp³-hybridized carbons (Fsp3) is 0.0577. The molecule has 10 rings (SSSR count). The molecule has 8 aromatic carbocycles. The van der Waals surface area contributed by atoms with Crippen molar-refractivity contribution in [1.82, 2.24) is 15.0 Å². The largest absolute Gasteiger partial charge is 0.208 e. The van der Waals surface area contributed by atoms with Crippen molar-refractivity contribution in [1.29, 1.82) is 0 Å². The van der Waals surface area contributed by atoms with E-state index in [1.807, 2.05) is 12.1 Å². The smallest absolute Gasteiger partial charge is 0.164 e. The van der Waals surface area contributed by atoms with Crippen molar-refractivity contribution in [3.8, 4) is 78.7 Å². The molecule has 0 amide bonds. The summed E-state index contributed by atoms with van der Waals surface area (Å²) in [7, 11) is 0. The number of benzene rings is 8. The van der Waals surface area contributed by atoms with Crippen LogP contribution in [0.1, 0.15) is 25.0 Å². The standard InChI is InChI=1S/C52H37N3/c1-52(2)46-31-16-15-26-40(46)41-29-17-30-44(48(41)52)47-39-25-10-9-22-36(39)32-33-45(47)51-54-49(42-27-13-11-23-37(42)34-18-5-3-6-19-34)53-50(55-51)43-28-14-12-24-38(43)35-20-7-4-8-21-35/h3-33H,1-2H3. The molecule has 1 aromatic heterocycles. The molecule has 0 fully saturated rings. The first-order valence-corrected chi connectivity index (χ1v) is 18.9. The summed E-state index contributed by atoms with van der Waals surface area (Å²) >= 11 is 0. The van der Waals surface area contributed by atoms with Gasteiger partial charge >= 0.3 is 0 Å². The third-order valence-corrected chi connectivity index (χ3v) is 11.2. The normalized spacial score (nSPS) is 12.7. The molecule has 0 saturated heterocycles. The number of hydrogen-bond donors (Lipinski definition) is 0. The van der Waals surface area contributed by atoms with Gasteiger partial charge in [-0.2, -0.15) is 0 Å². The maximum absolute atomic E-state index is 5.43. The zero-order valence-electron chi connectivity index (χ0n) is 30.7. The Morgan fingerprint density at radius 3 is 1.40 bits per heavy atom. The minimum absolute atomic E-state index is 0.213. The fourth-order valence-electron chi connectivity index (χ4n) is 8.64. The molecule has 55 heavy (non-hydrogen) atoms. The second kappa shape index (κ2) is 13.2. The van der Waals surface area contributed by atoms with Gasteiger partial charge in [-0.1, -0.05) is 196 Å². The van der Waals surface area contributed by atoms with Crippen LogP contribution >= 0.6 is 0 Å². The van der Waals surface area contributed by atoms with E-state index in [0.29, 0.717) is 17.5 Å². The van der Waals surface area contributed by atoms with Crippen molar-refractivity contribution < 1.29 is 0 Å². The van der Waals surface area contributed by atoms with Crippen LogP contribution in [-0.4, -0.2) is 15.0 Å². The predicted molar refractivity (Wildman–Crippen MR) is 228 cm³/mol. The third-order valence-electron chi connectivity index (χ3n) is 11.2. The van der Waals surface area contributed by atoms with E-state index in [-0.39, 0.29) is 5.41 Å². The summed E-state index contributed by atoms with van der Waals surface area (Å²) in [5.41, 5.74) is 14.6. The molecular formula is C52H37N3. The molecule has 0 bridgehead atoms. The van der Waals surface area contributed by atoms with Gasteiger partial charge in [-0.3, -0.25) is 0 Å². The Hall–Kier alpha value is -6.97. The Labute approximate surface area is 321 Å². The number of fused-ring (bicyclic) bond motifs is 4. The van der Waals surface area contributed by atoms with Crippen molar-refractivity contribution in [2.45, 2.75) is 19.3 Å². The van der Waals surface area contributed by atoms with Crippen LogP contribution in [0.4, 0.5) is 0 Å². The van der Waals surface area contributed by atoms with Gasteiger partial charge in [0.1, 0.15) is 0 Å².